The molecule has 0 spiro atoms. The molecular formula is C19H18ClN5O4. The Morgan fingerprint density at radius 1 is 1.28 bits per heavy atom. The van der Waals surface area contributed by atoms with Gasteiger partial charge in [0.1, 0.15) is 11.3 Å². The molecular weight excluding hydrogens is 398 g/mol. The van der Waals surface area contributed by atoms with Gasteiger partial charge in [-0.3, -0.25) is 4.79 Å². The van der Waals surface area contributed by atoms with Crippen molar-refractivity contribution in [2.24, 2.45) is 0 Å². The van der Waals surface area contributed by atoms with Gasteiger partial charge in [-0.2, -0.15) is 4.98 Å². The zero-order valence-electron chi connectivity index (χ0n) is 15.4. The van der Waals surface area contributed by atoms with Crippen molar-refractivity contribution in [1.29, 1.82) is 0 Å². The predicted molar refractivity (Wildman–Crippen MR) is 102 cm³/mol. The van der Waals surface area contributed by atoms with Gasteiger partial charge in [0.15, 0.2) is 17.6 Å². The van der Waals surface area contributed by atoms with Crippen molar-refractivity contribution in [1.82, 2.24) is 25.2 Å². The van der Waals surface area contributed by atoms with Crippen molar-refractivity contribution in [2.75, 3.05) is 13.2 Å². The Bertz CT molecular complexity index is 997. The van der Waals surface area contributed by atoms with Crippen molar-refractivity contribution in [3.8, 4) is 23.1 Å². The lowest BCUT2D eigenvalue weighted by atomic mass is 10.0. The number of aromatic nitrogens is 4. The monoisotopic (exact) mass is 415 g/mol. The van der Waals surface area contributed by atoms with Gasteiger partial charge in [-0.25, -0.2) is 0 Å². The Hall–Kier alpha value is -3.20. The number of hydrogen-bond donors (Lipinski definition) is 1. The molecule has 1 saturated heterocycles. The first-order chi connectivity index (χ1) is 14.1. The van der Waals surface area contributed by atoms with Crippen molar-refractivity contribution >= 4 is 17.5 Å². The highest BCUT2D eigenvalue weighted by Gasteiger charge is 2.32. The second-order valence-corrected chi connectivity index (χ2v) is 6.95. The Labute approximate surface area is 171 Å². The van der Waals surface area contributed by atoms with Gasteiger partial charge in [-0.05, 0) is 37.5 Å². The van der Waals surface area contributed by atoms with Crippen LogP contribution >= 0.6 is 11.6 Å². The first kappa shape index (κ1) is 19.1. The lowest BCUT2D eigenvalue weighted by Gasteiger charge is -2.33. The molecule has 0 radical (unpaired) electrons. The second kappa shape index (κ2) is 8.44. The summed E-state index contributed by atoms with van der Waals surface area (Å²) < 4.78 is 10.9. The summed E-state index contributed by atoms with van der Waals surface area (Å²) in [5.74, 6) is 0.542. The first-order valence-corrected chi connectivity index (χ1v) is 9.53. The number of aromatic hydroxyl groups is 1. The van der Waals surface area contributed by atoms with Crippen LogP contribution in [0.25, 0.3) is 11.5 Å². The number of likely N-dealkylation sites (tertiary alicyclic amines) is 1. The van der Waals surface area contributed by atoms with Crippen molar-refractivity contribution in [2.45, 2.75) is 25.3 Å². The predicted octanol–water partition coefficient (Wildman–Crippen LogP) is 3.02. The summed E-state index contributed by atoms with van der Waals surface area (Å²) >= 11 is 5.83. The number of carbonyl (C=O) groups is 1. The SMILES string of the molecule is O=C(COc1ccccc1)N1CCCC[C@@H]1c1noc(-c2cc(Cl)nnc2O)n1. The van der Waals surface area contributed by atoms with E-state index in [9.17, 15) is 9.90 Å². The number of para-hydroxylation sites is 1. The van der Waals surface area contributed by atoms with Crippen LogP contribution in [0.5, 0.6) is 11.6 Å². The molecule has 3 aromatic rings. The van der Waals surface area contributed by atoms with E-state index in [1.807, 2.05) is 18.2 Å². The summed E-state index contributed by atoms with van der Waals surface area (Å²) in [5, 5.41) is 21.1. The molecule has 1 atom stereocenters. The van der Waals surface area contributed by atoms with E-state index in [0.717, 1.165) is 12.8 Å². The van der Waals surface area contributed by atoms with E-state index < -0.39 is 0 Å². The molecule has 1 aromatic carbocycles. The van der Waals surface area contributed by atoms with Crippen LogP contribution in [0.2, 0.25) is 5.15 Å². The fraction of sp³-hybridized carbons (Fsp3) is 0.316. The standard InChI is InChI=1S/C19H18ClN5O4/c20-15-10-13(18(27)23-22-15)19-21-17(24-29-19)14-8-4-5-9-25(14)16(26)11-28-12-6-2-1-3-7-12/h1-3,6-7,10,14H,4-5,8-9,11H2,(H,23,27)/t14-/m1/s1. The number of piperidine rings is 1. The van der Waals surface area contributed by atoms with Gasteiger partial charge in [-0.15, -0.1) is 10.2 Å². The molecule has 150 valence electrons. The lowest BCUT2D eigenvalue weighted by Crippen LogP contribution is -2.41. The van der Waals surface area contributed by atoms with E-state index in [0.29, 0.717) is 24.5 Å². The third kappa shape index (κ3) is 4.29. The Morgan fingerprint density at radius 3 is 2.93 bits per heavy atom. The molecule has 0 unspecified atom stereocenters. The van der Waals surface area contributed by atoms with Gasteiger partial charge in [0.25, 0.3) is 11.8 Å². The molecule has 29 heavy (non-hydrogen) atoms. The van der Waals surface area contributed by atoms with Crippen LogP contribution in [0.4, 0.5) is 0 Å². The summed E-state index contributed by atoms with van der Waals surface area (Å²) in [6.07, 6.45) is 2.53. The zero-order chi connectivity index (χ0) is 20.2. The largest absolute Gasteiger partial charge is 0.492 e. The number of halogens is 1. The molecule has 4 rings (SSSR count). The topological polar surface area (TPSA) is 114 Å². The maximum atomic E-state index is 12.8. The highest BCUT2D eigenvalue weighted by atomic mass is 35.5. The molecule has 0 aliphatic carbocycles. The third-order valence-electron chi connectivity index (χ3n) is 4.64. The van der Waals surface area contributed by atoms with Crippen LogP contribution in [0.3, 0.4) is 0 Å². The van der Waals surface area contributed by atoms with Crippen LogP contribution in [0.15, 0.2) is 40.9 Å². The summed E-state index contributed by atoms with van der Waals surface area (Å²) in [6.45, 7) is 0.509. The minimum atomic E-state index is -0.363. The number of benzene rings is 1. The molecule has 0 bridgehead atoms. The summed E-state index contributed by atoms with van der Waals surface area (Å²) in [7, 11) is 0. The van der Waals surface area contributed by atoms with Gasteiger partial charge in [-0.1, -0.05) is 35.0 Å². The van der Waals surface area contributed by atoms with Gasteiger partial charge in [0.05, 0.1) is 6.04 Å². The maximum Gasteiger partial charge on any atom is 0.263 e. The number of hydrogen-bond acceptors (Lipinski definition) is 8. The smallest absolute Gasteiger partial charge is 0.263 e. The fourth-order valence-corrected chi connectivity index (χ4v) is 3.39. The van der Waals surface area contributed by atoms with Gasteiger partial charge in [0, 0.05) is 6.54 Å². The average Bonchev–Trinajstić information content (AvgIpc) is 3.24. The highest BCUT2D eigenvalue weighted by molar-refractivity contribution is 6.29. The number of carbonyl (C=O) groups excluding carboxylic acids is 1. The number of rotatable bonds is 5. The minimum Gasteiger partial charge on any atom is -0.492 e. The van der Waals surface area contributed by atoms with E-state index in [1.54, 1.807) is 17.0 Å². The van der Waals surface area contributed by atoms with Gasteiger partial charge < -0.3 is 19.3 Å². The second-order valence-electron chi connectivity index (χ2n) is 6.56. The molecule has 1 aliphatic heterocycles. The van der Waals surface area contributed by atoms with Gasteiger partial charge >= 0.3 is 0 Å². The van der Waals surface area contributed by atoms with E-state index in [-0.39, 0.29) is 41.0 Å². The Balaban J connectivity index is 1.51. The van der Waals surface area contributed by atoms with E-state index in [1.165, 1.54) is 6.07 Å². The maximum absolute atomic E-state index is 12.8. The molecule has 3 heterocycles. The molecule has 1 amide bonds. The Morgan fingerprint density at radius 2 is 2.10 bits per heavy atom. The normalized spacial score (nSPS) is 16.6. The van der Waals surface area contributed by atoms with Crippen LogP contribution in [0, 0.1) is 0 Å². The highest BCUT2D eigenvalue weighted by Crippen LogP contribution is 2.32. The summed E-state index contributed by atoms with van der Waals surface area (Å²) in [5.41, 5.74) is 0.185. The Kier molecular flexibility index (Phi) is 5.57. The molecule has 1 N–H and O–H groups in total. The zero-order valence-corrected chi connectivity index (χ0v) is 16.1. The molecule has 1 aliphatic rings. The number of amides is 1. The van der Waals surface area contributed by atoms with E-state index in [2.05, 4.69) is 20.3 Å². The lowest BCUT2D eigenvalue weighted by molar-refractivity contribution is -0.137. The van der Waals surface area contributed by atoms with E-state index >= 15 is 0 Å². The van der Waals surface area contributed by atoms with Crippen LogP contribution < -0.4 is 4.74 Å². The summed E-state index contributed by atoms with van der Waals surface area (Å²) in [6, 6.07) is 10.2. The average molecular weight is 416 g/mol. The molecule has 10 heteroatoms. The number of ether oxygens (including phenoxy) is 1. The first-order valence-electron chi connectivity index (χ1n) is 9.15. The van der Waals surface area contributed by atoms with Crippen LogP contribution in [0.1, 0.15) is 31.1 Å². The van der Waals surface area contributed by atoms with Crippen molar-refractivity contribution in [3.05, 3.63) is 47.4 Å². The quantitative estimate of drug-likeness (QED) is 0.676. The van der Waals surface area contributed by atoms with Crippen molar-refractivity contribution < 1.29 is 19.2 Å². The van der Waals surface area contributed by atoms with Crippen molar-refractivity contribution in [3.63, 3.8) is 0 Å². The minimum absolute atomic E-state index is 0.0628. The fourth-order valence-electron chi connectivity index (χ4n) is 3.24. The van der Waals surface area contributed by atoms with E-state index in [4.69, 9.17) is 20.9 Å². The molecule has 1 fully saturated rings. The van der Waals surface area contributed by atoms with Crippen LogP contribution in [-0.4, -0.2) is 49.4 Å². The summed E-state index contributed by atoms with van der Waals surface area (Å²) in [4.78, 5) is 18.8. The molecule has 9 nitrogen and oxygen atoms in total. The molecule has 0 saturated carbocycles. The molecule has 2 aromatic heterocycles. The van der Waals surface area contributed by atoms with Crippen LogP contribution in [-0.2, 0) is 4.79 Å². The van der Waals surface area contributed by atoms with Gasteiger partial charge in [0.2, 0.25) is 5.88 Å². The third-order valence-corrected chi connectivity index (χ3v) is 4.83. The number of nitrogens with zero attached hydrogens (tertiary/aromatic N) is 5.